The van der Waals surface area contributed by atoms with E-state index >= 15 is 0 Å². The van der Waals surface area contributed by atoms with Crippen LogP contribution < -0.4 is 5.32 Å². The molecule has 0 atom stereocenters. The van der Waals surface area contributed by atoms with Gasteiger partial charge in [0.25, 0.3) is 11.6 Å². The Morgan fingerprint density at radius 2 is 2.24 bits per heavy atom. The van der Waals surface area contributed by atoms with Crippen molar-refractivity contribution < 1.29 is 9.72 Å². The highest BCUT2D eigenvalue weighted by Crippen LogP contribution is 2.20. The maximum Gasteiger partial charge on any atom is 0.271 e. The number of hydrogen-bond acceptors (Lipinski definition) is 6. The number of nitro benzene ring substituents is 1. The summed E-state index contributed by atoms with van der Waals surface area (Å²) < 4.78 is 0. The number of thioether (sulfide) groups is 1. The first-order valence-corrected chi connectivity index (χ1v) is 7.24. The number of nitro groups is 1. The van der Waals surface area contributed by atoms with Crippen molar-refractivity contribution in [3.05, 3.63) is 51.3 Å². The number of halogens is 1. The lowest BCUT2D eigenvalue weighted by molar-refractivity contribution is -0.384. The topological polar surface area (TPSA) is 98.0 Å². The molecule has 1 N–H and O–H groups in total. The molecule has 0 aliphatic rings. The van der Waals surface area contributed by atoms with Gasteiger partial charge in [-0.2, -0.15) is 0 Å². The Labute approximate surface area is 128 Å². The van der Waals surface area contributed by atoms with Crippen LogP contribution in [-0.2, 0) is 0 Å². The van der Waals surface area contributed by atoms with E-state index in [9.17, 15) is 14.9 Å². The van der Waals surface area contributed by atoms with Gasteiger partial charge in [-0.3, -0.25) is 14.9 Å². The van der Waals surface area contributed by atoms with E-state index in [1.54, 1.807) is 6.26 Å². The molecule has 1 aromatic carbocycles. The van der Waals surface area contributed by atoms with Crippen molar-refractivity contribution in [2.75, 3.05) is 11.6 Å². The van der Waals surface area contributed by atoms with Crippen molar-refractivity contribution >= 4 is 40.6 Å². The van der Waals surface area contributed by atoms with Gasteiger partial charge in [-0.15, -0.1) is 0 Å². The summed E-state index contributed by atoms with van der Waals surface area (Å²) in [5, 5.41) is 13.7. The number of carbonyl (C=O) groups excluding carboxylic acids is 1. The molecule has 1 heterocycles. The monoisotopic (exact) mass is 324 g/mol. The molecule has 21 heavy (non-hydrogen) atoms. The highest BCUT2D eigenvalue weighted by Gasteiger charge is 2.14. The highest BCUT2D eigenvalue weighted by atomic mass is 35.5. The Hall–Kier alpha value is -2.19. The number of aromatic nitrogens is 2. The Balaban J connectivity index is 2.22. The number of nitrogens with one attached hydrogen (secondary N) is 1. The molecule has 0 unspecified atom stereocenters. The SMILES string of the molecule is CSc1ncc(C(=O)Nc2cccc([N+](=O)[O-])c2)c(Cl)n1. The number of rotatable bonds is 4. The predicted octanol–water partition coefficient (Wildman–Crippen LogP) is 3.01. The number of hydrogen-bond donors (Lipinski definition) is 1. The highest BCUT2D eigenvalue weighted by molar-refractivity contribution is 7.98. The standard InChI is InChI=1S/C12H9ClN4O3S/c1-21-12-14-6-9(10(13)16-12)11(18)15-7-3-2-4-8(5-7)17(19)20/h2-6H,1H3,(H,15,18). The molecule has 7 nitrogen and oxygen atoms in total. The van der Waals surface area contributed by atoms with Crippen LogP contribution in [0.4, 0.5) is 11.4 Å². The summed E-state index contributed by atoms with van der Waals surface area (Å²) in [6.45, 7) is 0. The van der Waals surface area contributed by atoms with Gasteiger partial charge in [-0.1, -0.05) is 29.4 Å². The van der Waals surface area contributed by atoms with Crippen molar-refractivity contribution in [1.29, 1.82) is 0 Å². The zero-order valence-corrected chi connectivity index (χ0v) is 12.3. The summed E-state index contributed by atoms with van der Waals surface area (Å²) >= 11 is 7.22. The normalized spacial score (nSPS) is 10.2. The fourth-order valence-corrected chi connectivity index (χ4v) is 2.10. The number of anilines is 1. The molecular formula is C12H9ClN4O3S. The molecule has 0 aliphatic heterocycles. The second-order valence-corrected chi connectivity index (χ2v) is 4.95. The number of amides is 1. The van der Waals surface area contributed by atoms with Gasteiger partial charge in [-0.25, -0.2) is 9.97 Å². The molecule has 2 aromatic rings. The third kappa shape index (κ3) is 3.67. The second kappa shape index (κ2) is 6.51. The van der Waals surface area contributed by atoms with Gasteiger partial charge in [0.05, 0.1) is 10.5 Å². The van der Waals surface area contributed by atoms with Crippen LogP contribution in [0.5, 0.6) is 0 Å². The first kappa shape index (κ1) is 15.2. The average molecular weight is 325 g/mol. The minimum absolute atomic E-state index is 0.0253. The maximum absolute atomic E-state index is 12.1. The molecule has 0 aliphatic carbocycles. The molecule has 1 aromatic heterocycles. The van der Waals surface area contributed by atoms with Crippen LogP contribution in [0.1, 0.15) is 10.4 Å². The minimum Gasteiger partial charge on any atom is -0.322 e. The predicted molar refractivity (Wildman–Crippen MR) is 79.9 cm³/mol. The van der Waals surface area contributed by atoms with E-state index in [-0.39, 0.29) is 16.4 Å². The summed E-state index contributed by atoms with van der Waals surface area (Å²) in [5.41, 5.74) is 0.271. The van der Waals surface area contributed by atoms with Gasteiger partial charge < -0.3 is 5.32 Å². The minimum atomic E-state index is -0.543. The van der Waals surface area contributed by atoms with E-state index < -0.39 is 10.8 Å². The summed E-state index contributed by atoms with van der Waals surface area (Å²) in [7, 11) is 0. The van der Waals surface area contributed by atoms with E-state index in [0.717, 1.165) is 0 Å². The molecule has 0 radical (unpaired) electrons. The quantitative estimate of drug-likeness (QED) is 0.305. The largest absolute Gasteiger partial charge is 0.322 e. The molecule has 108 valence electrons. The lowest BCUT2D eigenvalue weighted by Gasteiger charge is -2.06. The molecule has 0 saturated carbocycles. The maximum atomic E-state index is 12.1. The van der Waals surface area contributed by atoms with Gasteiger partial charge in [0.15, 0.2) is 5.16 Å². The van der Waals surface area contributed by atoms with E-state index in [0.29, 0.717) is 10.8 Å². The van der Waals surface area contributed by atoms with E-state index in [4.69, 9.17) is 11.6 Å². The van der Waals surface area contributed by atoms with Crippen molar-refractivity contribution in [2.24, 2.45) is 0 Å². The Morgan fingerprint density at radius 3 is 2.86 bits per heavy atom. The second-order valence-electron chi connectivity index (χ2n) is 3.82. The van der Waals surface area contributed by atoms with Gasteiger partial charge >= 0.3 is 0 Å². The molecule has 1 amide bonds. The summed E-state index contributed by atoms with van der Waals surface area (Å²) in [6.07, 6.45) is 3.10. The molecule has 0 bridgehead atoms. The van der Waals surface area contributed by atoms with E-state index in [1.165, 1.54) is 42.2 Å². The first-order chi connectivity index (χ1) is 10.0. The van der Waals surface area contributed by atoms with Crippen molar-refractivity contribution in [2.45, 2.75) is 5.16 Å². The van der Waals surface area contributed by atoms with Gasteiger partial charge in [-0.05, 0) is 12.3 Å². The van der Waals surface area contributed by atoms with E-state index in [2.05, 4.69) is 15.3 Å². The van der Waals surface area contributed by atoms with Crippen molar-refractivity contribution in [3.8, 4) is 0 Å². The van der Waals surface area contributed by atoms with E-state index in [1.807, 2.05) is 0 Å². The molecule has 9 heteroatoms. The third-order valence-electron chi connectivity index (χ3n) is 2.46. The summed E-state index contributed by atoms with van der Waals surface area (Å²) in [4.78, 5) is 30.1. The number of benzene rings is 1. The van der Waals surface area contributed by atoms with Gasteiger partial charge in [0.2, 0.25) is 0 Å². The van der Waals surface area contributed by atoms with Gasteiger partial charge in [0, 0.05) is 24.0 Å². The summed E-state index contributed by atoms with van der Waals surface area (Å²) in [6, 6.07) is 5.60. The number of non-ortho nitro benzene ring substituents is 1. The average Bonchev–Trinajstić information content (AvgIpc) is 2.47. The van der Waals surface area contributed by atoms with Crippen LogP contribution in [0.15, 0.2) is 35.6 Å². The van der Waals surface area contributed by atoms with Crippen LogP contribution in [0.25, 0.3) is 0 Å². The molecule has 0 spiro atoms. The zero-order valence-electron chi connectivity index (χ0n) is 10.7. The molecule has 0 fully saturated rings. The summed E-state index contributed by atoms with van der Waals surface area (Å²) in [5.74, 6) is -0.534. The fourth-order valence-electron chi connectivity index (χ4n) is 1.49. The van der Waals surface area contributed by atoms with Crippen LogP contribution in [0.3, 0.4) is 0 Å². The van der Waals surface area contributed by atoms with Crippen LogP contribution in [0.2, 0.25) is 5.15 Å². The number of nitrogens with zero attached hydrogens (tertiary/aromatic N) is 3. The first-order valence-electron chi connectivity index (χ1n) is 5.63. The Kier molecular flexibility index (Phi) is 4.71. The molecule has 0 saturated heterocycles. The van der Waals surface area contributed by atoms with Crippen LogP contribution in [-0.4, -0.2) is 27.1 Å². The van der Waals surface area contributed by atoms with Crippen LogP contribution >= 0.6 is 23.4 Å². The fraction of sp³-hybridized carbons (Fsp3) is 0.0833. The molecular weight excluding hydrogens is 316 g/mol. The molecule has 2 rings (SSSR count). The van der Waals surface area contributed by atoms with Crippen LogP contribution in [0, 0.1) is 10.1 Å². The third-order valence-corrected chi connectivity index (χ3v) is 3.31. The van der Waals surface area contributed by atoms with Crippen molar-refractivity contribution in [1.82, 2.24) is 9.97 Å². The zero-order chi connectivity index (χ0) is 15.4. The van der Waals surface area contributed by atoms with Crippen molar-refractivity contribution in [3.63, 3.8) is 0 Å². The Morgan fingerprint density at radius 1 is 1.48 bits per heavy atom. The Bertz CT molecular complexity index is 711. The lowest BCUT2D eigenvalue weighted by Crippen LogP contribution is -2.13. The lowest BCUT2D eigenvalue weighted by atomic mass is 10.2. The van der Waals surface area contributed by atoms with Gasteiger partial charge in [0.1, 0.15) is 5.15 Å². The number of carbonyl (C=O) groups is 1. The smallest absolute Gasteiger partial charge is 0.271 e.